The van der Waals surface area contributed by atoms with Crippen LogP contribution in [0.2, 0.25) is 0 Å². The smallest absolute Gasteiger partial charge is 0.0916 e. The van der Waals surface area contributed by atoms with Gasteiger partial charge in [0, 0.05) is 6.54 Å². The van der Waals surface area contributed by atoms with E-state index >= 15 is 0 Å². The quantitative estimate of drug-likeness (QED) is 0.682. The summed E-state index contributed by atoms with van der Waals surface area (Å²) in [6.07, 6.45) is 0.713. The summed E-state index contributed by atoms with van der Waals surface area (Å²) in [4.78, 5) is 2.42. The largest absolute Gasteiger partial charge is 0.387 e. The van der Waals surface area contributed by atoms with E-state index in [-0.39, 0.29) is 0 Å². The van der Waals surface area contributed by atoms with Gasteiger partial charge in [0.05, 0.1) is 6.10 Å². The molecule has 0 aliphatic heterocycles. The Morgan fingerprint density at radius 3 is 2.50 bits per heavy atom. The van der Waals surface area contributed by atoms with Crippen LogP contribution in [0, 0.1) is 13.8 Å². The summed E-state index contributed by atoms with van der Waals surface area (Å²) in [5.74, 6) is 0. The van der Waals surface area contributed by atoms with E-state index in [4.69, 9.17) is 0 Å². The van der Waals surface area contributed by atoms with Crippen LogP contribution in [0.25, 0.3) is 0 Å². The average Bonchev–Trinajstić information content (AvgIpc) is 2.42. The lowest BCUT2D eigenvalue weighted by Crippen LogP contribution is -2.29. The van der Waals surface area contributed by atoms with Crippen molar-refractivity contribution < 1.29 is 5.11 Å². The van der Waals surface area contributed by atoms with E-state index in [1.165, 1.54) is 11.1 Å². The Kier molecular flexibility index (Phi) is 7.82. The van der Waals surface area contributed by atoms with Crippen molar-refractivity contribution in [3.63, 3.8) is 0 Å². The molecule has 0 aliphatic rings. The zero-order chi connectivity index (χ0) is 15.0. The number of hydrogen-bond donors (Lipinski definition) is 2. The maximum atomic E-state index is 10.2. The van der Waals surface area contributed by atoms with Crippen molar-refractivity contribution in [3.8, 4) is 0 Å². The molecule has 0 amide bonds. The maximum absolute atomic E-state index is 10.2. The molecule has 1 aromatic rings. The molecule has 3 heteroatoms. The molecule has 114 valence electrons. The normalized spacial score (nSPS) is 12.9. The molecule has 0 heterocycles. The van der Waals surface area contributed by atoms with Gasteiger partial charge in [0.2, 0.25) is 0 Å². The van der Waals surface area contributed by atoms with Gasteiger partial charge in [-0.2, -0.15) is 0 Å². The molecule has 1 rings (SSSR count). The van der Waals surface area contributed by atoms with Crippen molar-refractivity contribution in [2.75, 3.05) is 32.7 Å². The van der Waals surface area contributed by atoms with Gasteiger partial charge in [-0.3, -0.25) is 0 Å². The summed E-state index contributed by atoms with van der Waals surface area (Å²) in [6.45, 7) is 13.5. The Bertz CT molecular complexity index is 389. The van der Waals surface area contributed by atoms with Crippen molar-refractivity contribution >= 4 is 0 Å². The summed E-state index contributed by atoms with van der Waals surface area (Å²) in [6, 6.07) is 6.22. The fourth-order valence-electron chi connectivity index (χ4n) is 2.52. The molecule has 0 radical (unpaired) electrons. The molecular weight excluding hydrogens is 248 g/mol. The van der Waals surface area contributed by atoms with E-state index in [0.717, 1.165) is 38.2 Å². The van der Waals surface area contributed by atoms with Gasteiger partial charge in [0.25, 0.3) is 0 Å². The molecule has 1 unspecified atom stereocenters. The summed E-state index contributed by atoms with van der Waals surface area (Å²) in [7, 11) is 0. The number of aliphatic hydroxyl groups excluding tert-OH is 1. The third kappa shape index (κ3) is 5.61. The van der Waals surface area contributed by atoms with E-state index in [2.05, 4.69) is 50.0 Å². The highest BCUT2D eigenvalue weighted by Gasteiger charge is 2.09. The molecule has 20 heavy (non-hydrogen) atoms. The highest BCUT2D eigenvalue weighted by atomic mass is 16.3. The number of aryl methyl sites for hydroxylation is 2. The molecular formula is C17H30N2O. The number of benzene rings is 1. The first kappa shape index (κ1) is 17.2. The van der Waals surface area contributed by atoms with Crippen molar-refractivity contribution in [1.82, 2.24) is 10.2 Å². The Labute approximate surface area is 124 Å². The molecule has 0 aromatic heterocycles. The van der Waals surface area contributed by atoms with Crippen molar-refractivity contribution in [1.29, 1.82) is 0 Å². The summed E-state index contributed by atoms with van der Waals surface area (Å²) >= 11 is 0. The summed E-state index contributed by atoms with van der Waals surface area (Å²) < 4.78 is 0. The molecule has 3 nitrogen and oxygen atoms in total. The van der Waals surface area contributed by atoms with Crippen molar-refractivity contribution in [2.24, 2.45) is 0 Å². The van der Waals surface area contributed by atoms with Crippen LogP contribution < -0.4 is 5.32 Å². The predicted octanol–water partition coefficient (Wildman–Crippen LogP) is 2.66. The Hall–Kier alpha value is -0.900. The minimum atomic E-state index is -0.413. The van der Waals surface area contributed by atoms with Crippen LogP contribution in [0.5, 0.6) is 0 Å². The minimum absolute atomic E-state index is 0.413. The molecule has 0 bridgehead atoms. The van der Waals surface area contributed by atoms with Crippen LogP contribution in [0.3, 0.4) is 0 Å². The van der Waals surface area contributed by atoms with Crippen molar-refractivity contribution in [3.05, 3.63) is 34.9 Å². The third-order valence-corrected chi connectivity index (χ3v) is 3.84. The van der Waals surface area contributed by atoms with Crippen LogP contribution >= 0.6 is 0 Å². The van der Waals surface area contributed by atoms with Crippen molar-refractivity contribution in [2.45, 2.75) is 40.2 Å². The average molecular weight is 278 g/mol. The van der Waals surface area contributed by atoms with Gasteiger partial charge in [-0.15, -0.1) is 0 Å². The lowest BCUT2D eigenvalue weighted by Gasteiger charge is -2.18. The molecule has 0 aliphatic carbocycles. The molecule has 1 aromatic carbocycles. The van der Waals surface area contributed by atoms with Gasteiger partial charge in [0.1, 0.15) is 0 Å². The molecule has 0 saturated carbocycles. The molecule has 1 atom stereocenters. The van der Waals surface area contributed by atoms with Crippen LogP contribution in [-0.4, -0.2) is 42.7 Å². The second-order valence-electron chi connectivity index (χ2n) is 5.46. The zero-order valence-electron chi connectivity index (χ0n) is 13.4. The summed E-state index contributed by atoms with van der Waals surface area (Å²) in [5, 5.41) is 13.6. The monoisotopic (exact) mass is 278 g/mol. The van der Waals surface area contributed by atoms with E-state index in [9.17, 15) is 5.11 Å². The maximum Gasteiger partial charge on any atom is 0.0916 e. The highest BCUT2D eigenvalue weighted by molar-refractivity contribution is 5.32. The van der Waals surface area contributed by atoms with Crippen LogP contribution in [-0.2, 0) is 0 Å². The lowest BCUT2D eigenvalue weighted by atomic mass is 10.0. The fourth-order valence-corrected chi connectivity index (χ4v) is 2.52. The van der Waals surface area contributed by atoms with Gasteiger partial charge in [0.15, 0.2) is 0 Å². The lowest BCUT2D eigenvalue weighted by molar-refractivity contribution is 0.173. The first-order valence-electron chi connectivity index (χ1n) is 7.76. The van der Waals surface area contributed by atoms with Crippen LogP contribution in [0.15, 0.2) is 18.2 Å². The standard InChI is InChI=1S/C17H30N2O/c1-5-19(6-2)11-7-10-18-13-17(20)16-9-8-14(3)12-15(16)4/h8-9,12,17-18,20H,5-7,10-11,13H2,1-4H3. The number of nitrogens with zero attached hydrogens (tertiary/aromatic N) is 1. The summed E-state index contributed by atoms with van der Waals surface area (Å²) in [5.41, 5.74) is 3.44. The third-order valence-electron chi connectivity index (χ3n) is 3.84. The zero-order valence-corrected chi connectivity index (χ0v) is 13.4. The number of rotatable bonds is 9. The predicted molar refractivity (Wildman–Crippen MR) is 86.2 cm³/mol. The Morgan fingerprint density at radius 1 is 1.20 bits per heavy atom. The molecule has 0 fully saturated rings. The second-order valence-corrected chi connectivity index (χ2v) is 5.46. The topological polar surface area (TPSA) is 35.5 Å². The minimum Gasteiger partial charge on any atom is -0.387 e. The first-order valence-corrected chi connectivity index (χ1v) is 7.76. The molecule has 0 saturated heterocycles. The van der Waals surface area contributed by atoms with E-state index in [1.54, 1.807) is 0 Å². The van der Waals surface area contributed by atoms with E-state index < -0.39 is 6.10 Å². The van der Waals surface area contributed by atoms with Gasteiger partial charge in [-0.25, -0.2) is 0 Å². The van der Waals surface area contributed by atoms with Gasteiger partial charge >= 0.3 is 0 Å². The van der Waals surface area contributed by atoms with Gasteiger partial charge < -0.3 is 15.3 Å². The second kappa shape index (κ2) is 9.11. The highest BCUT2D eigenvalue weighted by Crippen LogP contribution is 2.18. The van der Waals surface area contributed by atoms with Crippen LogP contribution in [0.4, 0.5) is 0 Å². The van der Waals surface area contributed by atoms with Gasteiger partial charge in [-0.05, 0) is 57.6 Å². The van der Waals surface area contributed by atoms with Gasteiger partial charge in [-0.1, -0.05) is 37.6 Å². The number of hydrogen-bond acceptors (Lipinski definition) is 3. The SMILES string of the molecule is CCN(CC)CCCNCC(O)c1ccc(C)cc1C. The first-order chi connectivity index (χ1) is 9.58. The molecule has 0 spiro atoms. The van der Waals surface area contributed by atoms with Crippen LogP contribution in [0.1, 0.15) is 43.1 Å². The number of aliphatic hydroxyl groups is 1. The Balaban J connectivity index is 2.28. The Morgan fingerprint density at radius 2 is 1.90 bits per heavy atom. The van der Waals surface area contributed by atoms with E-state index in [1.807, 2.05) is 6.07 Å². The molecule has 2 N–H and O–H groups in total. The number of nitrogens with one attached hydrogen (secondary N) is 1. The fraction of sp³-hybridized carbons (Fsp3) is 0.647. The van der Waals surface area contributed by atoms with E-state index in [0.29, 0.717) is 6.54 Å².